The van der Waals surface area contributed by atoms with Gasteiger partial charge in [0, 0.05) is 9.26 Å². The molecular formula is C14H14IN. The standard InChI is InChI=1S/C14H14IN/c1-10-7-11(2)9-12(8-10)16-14-6-4-3-5-13(14)15/h3-9,16H,1-2H3. The molecule has 1 nitrogen and oxygen atoms in total. The highest BCUT2D eigenvalue weighted by Crippen LogP contribution is 2.23. The molecule has 0 aliphatic rings. The molecule has 0 saturated heterocycles. The van der Waals surface area contributed by atoms with Gasteiger partial charge in [0.2, 0.25) is 0 Å². The highest BCUT2D eigenvalue weighted by Gasteiger charge is 1.99. The van der Waals surface area contributed by atoms with Crippen LogP contribution in [0.15, 0.2) is 42.5 Å². The zero-order valence-electron chi connectivity index (χ0n) is 9.42. The van der Waals surface area contributed by atoms with Crippen LogP contribution in [-0.4, -0.2) is 0 Å². The molecule has 0 amide bonds. The maximum Gasteiger partial charge on any atom is 0.0519 e. The summed E-state index contributed by atoms with van der Waals surface area (Å²) in [5.74, 6) is 0. The van der Waals surface area contributed by atoms with Crippen LogP contribution < -0.4 is 5.32 Å². The second-order valence-corrected chi connectivity index (χ2v) is 5.14. The van der Waals surface area contributed by atoms with Crippen LogP contribution >= 0.6 is 22.6 Å². The van der Waals surface area contributed by atoms with Crippen molar-refractivity contribution in [2.45, 2.75) is 13.8 Å². The van der Waals surface area contributed by atoms with E-state index in [-0.39, 0.29) is 0 Å². The van der Waals surface area contributed by atoms with Crippen LogP contribution in [0.4, 0.5) is 11.4 Å². The molecule has 0 aromatic heterocycles. The molecule has 2 rings (SSSR count). The fourth-order valence-electron chi connectivity index (χ4n) is 1.76. The first-order valence-corrected chi connectivity index (χ1v) is 6.33. The molecule has 2 aromatic rings. The second kappa shape index (κ2) is 4.87. The predicted octanol–water partition coefficient (Wildman–Crippen LogP) is 4.65. The molecule has 1 N–H and O–H groups in total. The molecule has 0 atom stereocenters. The van der Waals surface area contributed by atoms with E-state index in [2.05, 4.69) is 78.2 Å². The highest BCUT2D eigenvalue weighted by atomic mass is 127. The molecule has 0 radical (unpaired) electrons. The van der Waals surface area contributed by atoms with Crippen LogP contribution in [0.1, 0.15) is 11.1 Å². The van der Waals surface area contributed by atoms with Gasteiger partial charge in [-0.3, -0.25) is 0 Å². The Morgan fingerprint density at radius 1 is 0.938 bits per heavy atom. The van der Waals surface area contributed by atoms with Crippen molar-refractivity contribution in [2.75, 3.05) is 5.32 Å². The number of halogens is 1. The Labute approximate surface area is 110 Å². The number of hydrogen-bond donors (Lipinski definition) is 1. The SMILES string of the molecule is Cc1cc(C)cc(Nc2ccccc2I)c1. The van der Waals surface area contributed by atoms with E-state index in [0.29, 0.717) is 0 Å². The van der Waals surface area contributed by atoms with Gasteiger partial charge in [0.1, 0.15) is 0 Å². The van der Waals surface area contributed by atoms with E-state index in [4.69, 9.17) is 0 Å². The van der Waals surface area contributed by atoms with Crippen molar-refractivity contribution in [3.8, 4) is 0 Å². The van der Waals surface area contributed by atoms with Gasteiger partial charge in [0.25, 0.3) is 0 Å². The number of hydrogen-bond acceptors (Lipinski definition) is 1. The number of anilines is 2. The van der Waals surface area contributed by atoms with Crippen molar-refractivity contribution in [1.29, 1.82) is 0 Å². The van der Waals surface area contributed by atoms with Gasteiger partial charge in [-0.15, -0.1) is 0 Å². The van der Waals surface area contributed by atoms with Gasteiger partial charge < -0.3 is 5.32 Å². The van der Waals surface area contributed by atoms with Crippen molar-refractivity contribution in [3.63, 3.8) is 0 Å². The monoisotopic (exact) mass is 323 g/mol. The second-order valence-electron chi connectivity index (χ2n) is 3.98. The molecular weight excluding hydrogens is 309 g/mol. The van der Waals surface area contributed by atoms with Gasteiger partial charge in [-0.2, -0.15) is 0 Å². The van der Waals surface area contributed by atoms with Crippen molar-refractivity contribution < 1.29 is 0 Å². The molecule has 16 heavy (non-hydrogen) atoms. The number of nitrogens with one attached hydrogen (secondary N) is 1. The number of aryl methyl sites for hydroxylation is 2. The molecule has 0 fully saturated rings. The normalized spacial score (nSPS) is 10.2. The van der Waals surface area contributed by atoms with Crippen LogP contribution in [0, 0.1) is 17.4 Å². The Kier molecular flexibility index (Phi) is 3.49. The summed E-state index contributed by atoms with van der Waals surface area (Å²) < 4.78 is 1.24. The number of rotatable bonds is 2. The fourth-order valence-corrected chi connectivity index (χ4v) is 2.29. The van der Waals surface area contributed by atoms with Gasteiger partial charge in [-0.25, -0.2) is 0 Å². The minimum atomic E-state index is 1.15. The Hall–Kier alpha value is -1.03. The maximum atomic E-state index is 3.45. The summed E-state index contributed by atoms with van der Waals surface area (Å²) in [5, 5.41) is 3.45. The molecule has 2 aromatic carbocycles. The lowest BCUT2D eigenvalue weighted by molar-refractivity contribution is 1.37. The Bertz CT molecular complexity index is 486. The van der Waals surface area contributed by atoms with Gasteiger partial charge in [0.05, 0.1) is 5.69 Å². The van der Waals surface area contributed by atoms with E-state index in [1.54, 1.807) is 0 Å². The van der Waals surface area contributed by atoms with Crippen molar-refractivity contribution in [3.05, 3.63) is 57.2 Å². The molecule has 0 aliphatic heterocycles. The summed E-state index contributed by atoms with van der Waals surface area (Å²) in [6.07, 6.45) is 0. The number of benzene rings is 2. The lowest BCUT2D eigenvalue weighted by Gasteiger charge is -2.10. The molecule has 0 unspecified atom stereocenters. The van der Waals surface area contributed by atoms with Crippen molar-refractivity contribution in [2.24, 2.45) is 0 Å². The molecule has 0 aliphatic carbocycles. The summed E-state index contributed by atoms with van der Waals surface area (Å²) in [6, 6.07) is 14.8. The maximum absolute atomic E-state index is 3.45. The van der Waals surface area contributed by atoms with E-state index in [1.807, 2.05) is 6.07 Å². The quantitative estimate of drug-likeness (QED) is 0.793. The van der Waals surface area contributed by atoms with Crippen molar-refractivity contribution in [1.82, 2.24) is 0 Å². The Morgan fingerprint density at radius 2 is 1.56 bits per heavy atom. The van der Waals surface area contributed by atoms with E-state index >= 15 is 0 Å². The van der Waals surface area contributed by atoms with Gasteiger partial charge >= 0.3 is 0 Å². The van der Waals surface area contributed by atoms with Crippen LogP contribution in [0.2, 0.25) is 0 Å². The summed E-state index contributed by atoms with van der Waals surface area (Å²) in [7, 11) is 0. The highest BCUT2D eigenvalue weighted by molar-refractivity contribution is 14.1. The fraction of sp³-hybridized carbons (Fsp3) is 0.143. The first-order valence-electron chi connectivity index (χ1n) is 5.25. The predicted molar refractivity (Wildman–Crippen MR) is 78.4 cm³/mol. The van der Waals surface area contributed by atoms with E-state index < -0.39 is 0 Å². The first kappa shape index (κ1) is 11.5. The Morgan fingerprint density at radius 3 is 2.19 bits per heavy atom. The molecule has 82 valence electrons. The molecule has 0 heterocycles. The lowest BCUT2D eigenvalue weighted by atomic mass is 10.1. The lowest BCUT2D eigenvalue weighted by Crippen LogP contribution is -1.93. The van der Waals surface area contributed by atoms with Crippen molar-refractivity contribution >= 4 is 34.0 Å². The topological polar surface area (TPSA) is 12.0 Å². The van der Waals surface area contributed by atoms with Crippen LogP contribution in [-0.2, 0) is 0 Å². The zero-order chi connectivity index (χ0) is 11.5. The largest absolute Gasteiger partial charge is 0.355 e. The minimum absolute atomic E-state index is 1.15. The number of para-hydroxylation sites is 1. The molecule has 0 bridgehead atoms. The third kappa shape index (κ3) is 2.76. The average Bonchev–Trinajstić information content (AvgIpc) is 2.20. The first-order chi connectivity index (χ1) is 7.65. The minimum Gasteiger partial charge on any atom is -0.355 e. The summed E-state index contributed by atoms with van der Waals surface area (Å²) in [4.78, 5) is 0. The van der Waals surface area contributed by atoms with Gasteiger partial charge in [0.15, 0.2) is 0 Å². The third-order valence-electron chi connectivity index (χ3n) is 2.37. The van der Waals surface area contributed by atoms with Gasteiger partial charge in [-0.05, 0) is 71.8 Å². The van der Waals surface area contributed by atoms with Gasteiger partial charge in [-0.1, -0.05) is 18.2 Å². The van der Waals surface area contributed by atoms with E-state index in [0.717, 1.165) is 11.4 Å². The Balaban J connectivity index is 2.30. The molecule has 0 saturated carbocycles. The average molecular weight is 323 g/mol. The van der Waals surface area contributed by atoms with E-state index in [9.17, 15) is 0 Å². The van der Waals surface area contributed by atoms with E-state index in [1.165, 1.54) is 14.7 Å². The summed E-state index contributed by atoms with van der Waals surface area (Å²) in [5.41, 5.74) is 4.89. The van der Waals surface area contributed by atoms with Crippen LogP contribution in [0.25, 0.3) is 0 Å². The molecule has 0 spiro atoms. The van der Waals surface area contributed by atoms with Crippen LogP contribution in [0.3, 0.4) is 0 Å². The summed E-state index contributed by atoms with van der Waals surface area (Å²) in [6.45, 7) is 4.24. The molecule has 2 heteroatoms. The third-order valence-corrected chi connectivity index (χ3v) is 3.32. The smallest absolute Gasteiger partial charge is 0.0519 e. The zero-order valence-corrected chi connectivity index (χ0v) is 11.6. The summed E-state index contributed by atoms with van der Waals surface area (Å²) >= 11 is 2.34. The van der Waals surface area contributed by atoms with Crippen LogP contribution in [0.5, 0.6) is 0 Å².